The van der Waals surface area contributed by atoms with Gasteiger partial charge in [0.15, 0.2) is 0 Å². The van der Waals surface area contributed by atoms with Gasteiger partial charge in [0.25, 0.3) is 5.91 Å². The van der Waals surface area contributed by atoms with Crippen LogP contribution >= 0.6 is 0 Å². The Balaban J connectivity index is 1.23. The summed E-state index contributed by atoms with van der Waals surface area (Å²) >= 11 is 0. The summed E-state index contributed by atoms with van der Waals surface area (Å²) in [4.78, 5) is 15.1. The van der Waals surface area contributed by atoms with Gasteiger partial charge in [0, 0.05) is 37.8 Å². The van der Waals surface area contributed by atoms with Crippen molar-refractivity contribution in [3.05, 3.63) is 90.0 Å². The minimum Gasteiger partial charge on any atom is -0.490 e. The first-order chi connectivity index (χ1) is 17.6. The van der Waals surface area contributed by atoms with Crippen LogP contribution in [0, 0.1) is 0 Å². The van der Waals surface area contributed by atoms with E-state index in [9.17, 15) is 4.79 Å². The van der Waals surface area contributed by atoms with Gasteiger partial charge in [0.1, 0.15) is 23.4 Å². The molecular weight excluding hydrogens is 452 g/mol. The van der Waals surface area contributed by atoms with E-state index in [2.05, 4.69) is 17.1 Å². The number of carbonyl (C=O) groups excluding carboxylic acids is 1. The van der Waals surface area contributed by atoms with Gasteiger partial charge in [-0.3, -0.25) is 9.69 Å². The predicted octanol–water partition coefficient (Wildman–Crippen LogP) is 5.68. The quantitative estimate of drug-likeness (QED) is 0.376. The van der Waals surface area contributed by atoms with Crippen molar-refractivity contribution in [3.8, 4) is 17.2 Å². The van der Waals surface area contributed by atoms with E-state index >= 15 is 0 Å². The third-order valence-corrected chi connectivity index (χ3v) is 6.41. The van der Waals surface area contributed by atoms with E-state index in [1.54, 1.807) is 24.3 Å². The Morgan fingerprint density at radius 2 is 1.64 bits per heavy atom. The van der Waals surface area contributed by atoms with E-state index in [0.717, 1.165) is 56.2 Å². The van der Waals surface area contributed by atoms with E-state index in [1.807, 2.05) is 61.5 Å². The normalized spacial score (nSPS) is 15.3. The monoisotopic (exact) mass is 488 g/mol. The zero-order valence-corrected chi connectivity index (χ0v) is 21.2. The summed E-state index contributed by atoms with van der Waals surface area (Å²) in [5.41, 5.74) is 1.60. The molecule has 1 N–H and O–H groups in total. The van der Waals surface area contributed by atoms with E-state index in [1.165, 1.54) is 0 Å². The molecule has 3 aromatic rings. The molecule has 0 saturated carbocycles. The van der Waals surface area contributed by atoms with E-state index < -0.39 is 0 Å². The Morgan fingerprint density at radius 3 is 2.36 bits per heavy atom. The van der Waals surface area contributed by atoms with Gasteiger partial charge < -0.3 is 19.5 Å². The first-order valence-corrected chi connectivity index (χ1v) is 12.8. The number of ether oxygens (including phenoxy) is 3. The lowest BCUT2D eigenvalue weighted by molar-refractivity contribution is 0.0359. The summed E-state index contributed by atoms with van der Waals surface area (Å²) in [7, 11) is 0. The molecule has 0 aromatic heterocycles. The van der Waals surface area contributed by atoms with Crippen molar-refractivity contribution in [2.45, 2.75) is 45.4 Å². The molecule has 1 saturated heterocycles. The number of nitrogens with zero attached hydrogens (tertiary/aromatic N) is 1. The third kappa shape index (κ3) is 7.57. The van der Waals surface area contributed by atoms with Crippen molar-refractivity contribution >= 4 is 5.91 Å². The molecule has 0 aliphatic carbocycles. The molecule has 6 nitrogen and oxygen atoms in total. The van der Waals surface area contributed by atoms with Crippen LogP contribution in [0.15, 0.2) is 78.9 Å². The van der Waals surface area contributed by atoms with Gasteiger partial charge in [-0.25, -0.2) is 0 Å². The van der Waals surface area contributed by atoms with Crippen molar-refractivity contribution in [3.63, 3.8) is 0 Å². The van der Waals surface area contributed by atoms with E-state index in [-0.39, 0.29) is 12.0 Å². The highest BCUT2D eigenvalue weighted by atomic mass is 16.5. The smallest absolute Gasteiger partial charge is 0.251 e. The number of likely N-dealkylation sites (tertiary alicyclic amines) is 1. The molecule has 0 radical (unpaired) electrons. The van der Waals surface area contributed by atoms with Crippen LogP contribution in [0.5, 0.6) is 17.2 Å². The Bertz CT molecular complexity index is 1080. The van der Waals surface area contributed by atoms with Crippen molar-refractivity contribution in [1.82, 2.24) is 10.2 Å². The second-order valence-electron chi connectivity index (χ2n) is 9.13. The summed E-state index contributed by atoms with van der Waals surface area (Å²) in [5, 5.41) is 3.00. The van der Waals surface area contributed by atoms with Crippen LogP contribution < -0.4 is 14.8 Å². The molecule has 1 fully saturated rings. The van der Waals surface area contributed by atoms with Gasteiger partial charge in [-0.2, -0.15) is 0 Å². The maximum absolute atomic E-state index is 12.6. The predicted molar refractivity (Wildman–Crippen MR) is 142 cm³/mol. The van der Waals surface area contributed by atoms with Gasteiger partial charge in [-0.05, 0) is 80.8 Å². The maximum atomic E-state index is 12.6. The molecule has 36 heavy (non-hydrogen) atoms. The lowest BCUT2D eigenvalue weighted by Crippen LogP contribution is -2.44. The topological polar surface area (TPSA) is 60.0 Å². The van der Waals surface area contributed by atoms with Crippen LogP contribution in [0.2, 0.25) is 0 Å². The summed E-state index contributed by atoms with van der Waals surface area (Å²) in [5.74, 6) is 2.18. The number of amides is 1. The molecule has 1 heterocycles. The summed E-state index contributed by atoms with van der Waals surface area (Å²) < 4.78 is 17.6. The minimum atomic E-state index is -0.124. The first-order valence-electron chi connectivity index (χ1n) is 12.8. The van der Waals surface area contributed by atoms with Crippen LogP contribution in [-0.4, -0.2) is 49.3 Å². The molecular formula is C30H36N2O4. The van der Waals surface area contributed by atoms with E-state index in [4.69, 9.17) is 14.2 Å². The van der Waals surface area contributed by atoms with Crippen molar-refractivity contribution < 1.29 is 19.0 Å². The highest BCUT2D eigenvalue weighted by molar-refractivity contribution is 5.94. The lowest BCUT2D eigenvalue weighted by Gasteiger charge is -2.35. The van der Waals surface area contributed by atoms with Crippen LogP contribution in [0.4, 0.5) is 0 Å². The number of rotatable bonds is 11. The summed E-state index contributed by atoms with van der Waals surface area (Å²) in [6, 6.07) is 25.1. The molecule has 1 unspecified atom stereocenters. The fourth-order valence-corrected chi connectivity index (χ4v) is 4.33. The Morgan fingerprint density at radius 1 is 0.944 bits per heavy atom. The molecule has 1 aliphatic rings. The second kappa shape index (κ2) is 13.1. The molecule has 1 aliphatic heterocycles. The minimum absolute atomic E-state index is 0.124. The van der Waals surface area contributed by atoms with Gasteiger partial charge >= 0.3 is 0 Å². The molecule has 1 atom stereocenters. The zero-order valence-electron chi connectivity index (χ0n) is 21.2. The fraction of sp³-hybridized carbons (Fsp3) is 0.367. The molecule has 0 bridgehead atoms. The summed E-state index contributed by atoms with van der Waals surface area (Å²) in [6.07, 6.45) is 2.21. The highest BCUT2D eigenvalue weighted by Gasteiger charge is 2.24. The van der Waals surface area contributed by atoms with Gasteiger partial charge in [-0.15, -0.1) is 0 Å². The molecule has 190 valence electrons. The maximum Gasteiger partial charge on any atom is 0.251 e. The van der Waals surface area contributed by atoms with Crippen LogP contribution in [-0.2, 0) is 11.3 Å². The van der Waals surface area contributed by atoms with Crippen molar-refractivity contribution in [1.29, 1.82) is 0 Å². The van der Waals surface area contributed by atoms with Crippen LogP contribution in [0.25, 0.3) is 0 Å². The molecule has 3 aromatic carbocycles. The Labute approximate surface area is 214 Å². The molecule has 6 heteroatoms. The third-order valence-electron chi connectivity index (χ3n) is 6.41. The van der Waals surface area contributed by atoms with Crippen molar-refractivity contribution in [2.24, 2.45) is 0 Å². The van der Waals surface area contributed by atoms with E-state index in [0.29, 0.717) is 23.9 Å². The lowest BCUT2D eigenvalue weighted by atomic mass is 10.1. The number of benzene rings is 3. The average molecular weight is 489 g/mol. The Kier molecular flexibility index (Phi) is 9.36. The highest BCUT2D eigenvalue weighted by Crippen LogP contribution is 2.23. The summed E-state index contributed by atoms with van der Waals surface area (Å²) in [6.45, 7) is 8.27. The molecule has 4 rings (SSSR count). The average Bonchev–Trinajstić information content (AvgIpc) is 2.92. The largest absolute Gasteiger partial charge is 0.490 e. The Hall–Kier alpha value is -3.35. The van der Waals surface area contributed by atoms with Crippen molar-refractivity contribution in [2.75, 3.05) is 26.3 Å². The number of piperidine rings is 1. The second-order valence-corrected chi connectivity index (χ2v) is 9.13. The SMILES string of the molecule is CCOCC(C)N1CCC(Oc2cccc(CNC(=O)c3ccc(Oc4ccccc4)cc3)c2)CC1. The number of nitrogens with one attached hydrogen (secondary N) is 1. The first kappa shape index (κ1) is 25.7. The fourth-order valence-electron chi connectivity index (χ4n) is 4.33. The zero-order chi connectivity index (χ0) is 25.2. The number of hydrogen-bond donors (Lipinski definition) is 1. The molecule has 0 spiro atoms. The number of carbonyl (C=O) groups is 1. The van der Waals surface area contributed by atoms with Crippen LogP contribution in [0.3, 0.4) is 0 Å². The van der Waals surface area contributed by atoms with Gasteiger partial charge in [-0.1, -0.05) is 30.3 Å². The number of para-hydroxylation sites is 1. The molecule has 1 amide bonds. The van der Waals surface area contributed by atoms with Crippen LogP contribution in [0.1, 0.15) is 42.6 Å². The van der Waals surface area contributed by atoms with Gasteiger partial charge in [0.2, 0.25) is 0 Å². The standard InChI is InChI=1S/C30H36N2O4/c1-3-34-22-23(2)32-18-16-28(17-19-32)36-29-11-7-8-24(20-29)21-31-30(33)25-12-14-27(15-13-25)35-26-9-5-4-6-10-26/h4-15,20,23,28H,3,16-19,21-22H2,1-2H3,(H,31,33). The van der Waals surface area contributed by atoms with Gasteiger partial charge in [0.05, 0.1) is 6.61 Å². The number of hydrogen-bond acceptors (Lipinski definition) is 5.